The van der Waals surface area contributed by atoms with Crippen LogP contribution in [0.3, 0.4) is 0 Å². The van der Waals surface area contributed by atoms with Crippen LogP contribution in [0.1, 0.15) is 0 Å². The highest BCUT2D eigenvalue weighted by molar-refractivity contribution is 7.45. The summed E-state index contributed by atoms with van der Waals surface area (Å²) in [6, 6.07) is 0. The summed E-state index contributed by atoms with van der Waals surface area (Å²) in [5.74, 6) is 0. The first-order chi connectivity index (χ1) is 4.12. The lowest BCUT2D eigenvalue weighted by Crippen LogP contribution is -2.06. The Morgan fingerprint density at radius 3 is 1.78 bits per heavy atom. The molecule has 0 fully saturated rings. The molecule has 0 heterocycles. The first kappa shape index (κ1) is 9.03. The Labute approximate surface area is 51.8 Å². The molecule has 0 N–H and O–H groups in total. The molecule has 0 rings (SSSR count). The van der Waals surface area contributed by atoms with Gasteiger partial charge in [-0.05, 0) is 0 Å². The molecule has 6 nitrogen and oxygen atoms in total. The maximum Gasteiger partial charge on any atom is 0.326 e. The standard InChI is InChI=1S/C2H7O6P/c1-5-7-9(3,4)8-6-2/h1-2H3,(H,3,4)/p-1. The Hall–Kier alpha value is 0.0300. The maximum atomic E-state index is 10.2. The van der Waals surface area contributed by atoms with Crippen LogP contribution < -0.4 is 4.89 Å². The molecular weight excluding hydrogens is 151 g/mol. The Kier molecular flexibility index (Phi) is 3.96. The van der Waals surface area contributed by atoms with Crippen molar-refractivity contribution in [3.8, 4) is 0 Å². The van der Waals surface area contributed by atoms with Crippen LogP contribution >= 0.6 is 7.82 Å². The molecule has 0 aromatic heterocycles. The average molecular weight is 157 g/mol. The van der Waals surface area contributed by atoms with E-state index in [-0.39, 0.29) is 0 Å². The summed E-state index contributed by atoms with van der Waals surface area (Å²) >= 11 is 0. The third-order valence-electron chi connectivity index (χ3n) is 0.332. The van der Waals surface area contributed by atoms with E-state index in [0.717, 1.165) is 14.2 Å². The maximum absolute atomic E-state index is 10.2. The molecule has 0 atom stereocenters. The third kappa shape index (κ3) is 4.53. The largest absolute Gasteiger partial charge is 0.753 e. The molecule has 7 heteroatoms. The van der Waals surface area contributed by atoms with Crippen LogP contribution in [0.2, 0.25) is 0 Å². The van der Waals surface area contributed by atoms with E-state index in [2.05, 4.69) is 19.1 Å². The first-order valence-electron chi connectivity index (χ1n) is 1.88. The molecule has 0 aliphatic carbocycles. The molecule has 0 bridgehead atoms. The van der Waals surface area contributed by atoms with Gasteiger partial charge in [-0.1, -0.05) is 0 Å². The second-order valence-electron chi connectivity index (χ2n) is 0.930. The van der Waals surface area contributed by atoms with E-state index in [0.29, 0.717) is 0 Å². The van der Waals surface area contributed by atoms with Crippen molar-refractivity contribution in [3.63, 3.8) is 0 Å². The summed E-state index contributed by atoms with van der Waals surface area (Å²) in [7, 11) is -2.32. The molecule has 56 valence electrons. The molecule has 0 radical (unpaired) electrons. The van der Waals surface area contributed by atoms with E-state index in [4.69, 9.17) is 0 Å². The first-order valence-corrected chi connectivity index (χ1v) is 3.34. The van der Waals surface area contributed by atoms with Crippen LogP contribution in [0.5, 0.6) is 0 Å². The zero-order valence-electron chi connectivity index (χ0n) is 4.90. The smallest absolute Gasteiger partial charge is 0.326 e. The summed E-state index contributed by atoms with van der Waals surface area (Å²) in [5.41, 5.74) is 0. The van der Waals surface area contributed by atoms with Crippen LogP contribution in [-0.4, -0.2) is 14.2 Å². The van der Waals surface area contributed by atoms with Gasteiger partial charge < -0.3 is 4.89 Å². The van der Waals surface area contributed by atoms with Gasteiger partial charge in [-0.15, -0.1) is 0 Å². The van der Waals surface area contributed by atoms with E-state index in [1.165, 1.54) is 0 Å². The lowest BCUT2D eigenvalue weighted by atomic mass is 11.8. The highest BCUT2D eigenvalue weighted by Gasteiger charge is 2.08. The number of phosphoric acid groups is 1. The van der Waals surface area contributed by atoms with Crippen molar-refractivity contribution in [1.82, 2.24) is 0 Å². The molecule has 0 saturated carbocycles. The van der Waals surface area contributed by atoms with Crippen molar-refractivity contribution in [2.24, 2.45) is 0 Å². The van der Waals surface area contributed by atoms with Gasteiger partial charge in [0.1, 0.15) is 0 Å². The van der Waals surface area contributed by atoms with Gasteiger partial charge in [-0.25, -0.2) is 9.78 Å². The van der Waals surface area contributed by atoms with Gasteiger partial charge in [-0.3, -0.25) is 4.57 Å². The van der Waals surface area contributed by atoms with Gasteiger partial charge in [0.15, 0.2) is 0 Å². The van der Waals surface area contributed by atoms with Crippen molar-refractivity contribution in [3.05, 3.63) is 0 Å². The van der Waals surface area contributed by atoms with Crippen LogP contribution in [0.4, 0.5) is 0 Å². The number of hydrogen-bond acceptors (Lipinski definition) is 6. The summed E-state index contributed by atoms with van der Waals surface area (Å²) in [6.45, 7) is 0. The molecule has 0 amide bonds. The quantitative estimate of drug-likeness (QED) is 0.314. The minimum atomic E-state index is -4.39. The SMILES string of the molecule is COOP(=O)([O-])OOC. The molecule has 0 aromatic rings. The molecule has 0 aliphatic rings. The molecule has 9 heavy (non-hydrogen) atoms. The number of hydrogen-bond donors (Lipinski definition) is 0. The Morgan fingerprint density at radius 2 is 1.56 bits per heavy atom. The Bertz CT molecular complexity index is 102. The zero-order chi connectivity index (χ0) is 7.33. The molecule has 0 saturated heterocycles. The summed E-state index contributed by atoms with van der Waals surface area (Å²) in [5, 5.41) is 0. The average Bonchev–Trinajstić information content (AvgIpc) is 1.64. The minimum Gasteiger partial charge on any atom is -0.753 e. The highest BCUT2D eigenvalue weighted by Crippen LogP contribution is 2.37. The number of rotatable bonds is 4. The van der Waals surface area contributed by atoms with E-state index >= 15 is 0 Å². The van der Waals surface area contributed by atoms with Gasteiger partial charge in [0.05, 0.1) is 14.2 Å². The fraction of sp³-hybridized carbons (Fsp3) is 1.00. The molecule has 0 spiro atoms. The Morgan fingerprint density at radius 1 is 1.22 bits per heavy atom. The zero-order valence-corrected chi connectivity index (χ0v) is 5.79. The predicted octanol–water partition coefficient (Wildman–Crippen LogP) is -0.389. The minimum absolute atomic E-state index is 1.03. The predicted molar refractivity (Wildman–Crippen MR) is 23.8 cm³/mol. The van der Waals surface area contributed by atoms with E-state index in [1.807, 2.05) is 0 Å². The van der Waals surface area contributed by atoms with Crippen LogP contribution in [0, 0.1) is 0 Å². The van der Waals surface area contributed by atoms with Gasteiger partial charge in [0, 0.05) is 0 Å². The van der Waals surface area contributed by atoms with Crippen molar-refractivity contribution in [2.75, 3.05) is 14.2 Å². The molecule has 0 aliphatic heterocycles. The van der Waals surface area contributed by atoms with E-state index in [9.17, 15) is 9.46 Å². The van der Waals surface area contributed by atoms with Crippen molar-refractivity contribution >= 4 is 7.82 Å². The van der Waals surface area contributed by atoms with Crippen molar-refractivity contribution in [1.29, 1.82) is 0 Å². The van der Waals surface area contributed by atoms with Crippen LogP contribution in [0.15, 0.2) is 0 Å². The lowest BCUT2D eigenvalue weighted by Gasteiger charge is -2.16. The topological polar surface area (TPSA) is 77.1 Å². The normalized spacial score (nSPS) is 11.9. The van der Waals surface area contributed by atoms with Crippen molar-refractivity contribution < 1.29 is 28.6 Å². The third-order valence-corrected chi connectivity index (χ3v) is 0.995. The Balaban J connectivity index is 3.58. The van der Waals surface area contributed by atoms with E-state index < -0.39 is 7.82 Å². The monoisotopic (exact) mass is 157 g/mol. The second kappa shape index (κ2) is 3.94. The van der Waals surface area contributed by atoms with Gasteiger partial charge in [-0.2, -0.15) is 9.35 Å². The summed E-state index contributed by atoms with van der Waals surface area (Å²) in [6.07, 6.45) is 0. The second-order valence-corrected chi connectivity index (χ2v) is 2.12. The fourth-order valence-corrected chi connectivity index (χ4v) is 0.585. The molecule has 0 unspecified atom stereocenters. The van der Waals surface area contributed by atoms with E-state index in [1.54, 1.807) is 0 Å². The van der Waals surface area contributed by atoms with Gasteiger partial charge >= 0.3 is 7.82 Å². The van der Waals surface area contributed by atoms with Crippen LogP contribution in [-0.2, 0) is 23.7 Å². The van der Waals surface area contributed by atoms with Gasteiger partial charge in [0.25, 0.3) is 0 Å². The fourth-order valence-electron chi connectivity index (χ4n) is 0.195. The lowest BCUT2D eigenvalue weighted by molar-refractivity contribution is -0.340. The molecule has 0 aromatic carbocycles. The molecular formula is C2H6O6P-. The van der Waals surface area contributed by atoms with Crippen molar-refractivity contribution in [2.45, 2.75) is 0 Å². The van der Waals surface area contributed by atoms with Gasteiger partial charge in [0.2, 0.25) is 0 Å². The highest BCUT2D eigenvalue weighted by atomic mass is 31.2. The summed E-state index contributed by atoms with van der Waals surface area (Å²) < 4.78 is 17.4. The summed E-state index contributed by atoms with van der Waals surface area (Å²) in [4.78, 5) is 17.7. The van der Waals surface area contributed by atoms with Crippen LogP contribution in [0.25, 0.3) is 0 Å².